The number of nitrogens with zero attached hydrogens (tertiary/aromatic N) is 25. The maximum atomic E-state index is 10.1. The van der Waals surface area contributed by atoms with Gasteiger partial charge in [-0.2, -0.15) is 19.9 Å². The zero-order valence-corrected chi connectivity index (χ0v) is 67.8. The lowest BCUT2D eigenvalue weighted by Gasteiger charge is -2.32. The molecule has 19 rings (SSSR count). The summed E-state index contributed by atoms with van der Waals surface area (Å²) in [5.41, 5.74) is 16.2. The molecule has 0 bridgehead atoms. The molecule has 6 N–H and O–H groups in total. The van der Waals surface area contributed by atoms with E-state index in [1.54, 1.807) is 51.0 Å². The number of aryl methyl sites for hydroxylation is 1. The zero-order valence-electron chi connectivity index (χ0n) is 66.3. The number of imidazole rings is 4. The number of aromatic amines is 1. The van der Waals surface area contributed by atoms with E-state index < -0.39 is 29.5 Å². The molecule has 0 aliphatic carbocycles. The molecule has 11 aromatic rings. The first-order valence-corrected chi connectivity index (χ1v) is 38.8. The lowest BCUT2D eigenvalue weighted by Crippen LogP contribution is -2.41. The molecule has 5 saturated heterocycles. The van der Waals surface area contributed by atoms with Crippen LogP contribution in [0.1, 0.15) is 127 Å². The normalized spacial score (nSPS) is 19.2. The number of rotatable bonds is 8. The molecule has 19 heterocycles. The van der Waals surface area contributed by atoms with Crippen LogP contribution in [0.2, 0.25) is 10.6 Å². The minimum atomic E-state index is -1.07. The summed E-state index contributed by atoms with van der Waals surface area (Å²) in [5.74, 6) is 8.55. The minimum absolute atomic E-state index is 0. The number of nitrogen functional groups attached to an aromatic ring is 2. The number of morpholine rings is 4. The lowest BCUT2D eigenvalue weighted by atomic mass is 9.81. The molecule has 8 aliphatic rings. The van der Waals surface area contributed by atoms with Crippen molar-refractivity contribution in [1.82, 2.24) is 108 Å². The van der Waals surface area contributed by atoms with Crippen LogP contribution in [0.25, 0.3) is 67.4 Å². The van der Waals surface area contributed by atoms with Gasteiger partial charge in [-0.25, -0.2) is 69.8 Å². The van der Waals surface area contributed by atoms with Crippen LogP contribution in [0.15, 0.2) is 37.2 Å². The second-order valence-corrected chi connectivity index (χ2v) is 32.0. The SMILES string of the molecule is C.C.CC(C)(O)c1nc2nc(Cl)nc(N3CCOCC3)c2[nH]1.CC1(C)OB(c2cnc(N)nc2)OC1(C)C.CC1(C)OCCn2c1nc1c(N3CCOCC3)nc(-c3cnc(N)nc3)nc12.CC1(C)OCCn2c1nc1c(N3CCOCC3)nc(Cl)nc12.Cc1ncc(-c2nc(N3CCOCC3)c3nc4n(c3n2)CCOC4(C)C)cn1. The van der Waals surface area contributed by atoms with Gasteiger partial charge in [-0.05, 0) is 113 Å². The molecule has 8 aliphatic heterocycles. The van der Waals surface area contributed by atoms with E-state index in [4.69, 9.17) is 112 Å². The van der Waals surface area contributed by atoms with Gasteiger partial charge in [0.1, 0.15) is 57.0 Å². The maximum absolute atomic E-state index is 10.1. The van der Waals surface area contributed by atoms with Gasteiger partial charge in [0.2, 0.25) is 22.5 Å². The van der Waals surface area contributed by atoms with Crippen molar-refractivity contribution in [1.29, 1.82) is 0 Å². The van der Waals surface area contributed by atoms with E-state index in [9.17, 15) is 5.11 Å². The number of aliphatic hydroxyl groups is 1. The maximum Gasteiger partial charge on any atom is 0.498 e. The van der Waals surface area contributed by atoms with Gasteiger partial charge in [-0.1, -0.05) is 14.9 Å². The van der Waals surface area contributed by atoms with Crippen LogP contribution in [0.3, 0.4) is 0 Å². The van der Waals surface area contributed by atoms with Gasteiger partial charge < -0.3 is 97.3 Å². The van der Waals surface area contributed by atoms with E-state index in [1.165, 1.54) is 0 Å². The summed E-state index contributed by atoms with van der Waals surface area (Å²) in [6.45, 7) is 40.9. The van der Waals surface area contributed by atoms with Crippen LogP contribution in [0.4, 0.5) is 35.2 Å². The zero-order chi connectivity index (χ0) is 80.2. The number of ether oxygens (including phenoxy) is 7. The Morgan fingerprint density at radius 2 is 0.759 bits per heavy atom. The Morgan fingerprint density at radius 1 is 0.422 bits per heavy atom. The number of H-pyrrole nitrogens is 1. The molecule has 41 heteroatoms. The Hall–Kier alpha value is -9.52. The number of aromatic nitrogens is 22. The van der Waals surface area contributed by atoms with Crippen LogP contribution in [0, 0.1) is 6.92 Å². The van der Waals surface area contributed by atoms with Crippen molar-refractivity contribution in [2.75, 3.05) is 156 Å². The van der Waals surface area contributed by atoms with Crippen molar-refractivity contribution in [2.45, 2.75) is 158 Å². The molecule has 38 nitrogen and oxygen atoms in total. The number of halogens is 2. The smallest absolute Gasteiger partial charge is 0.399 e. The molecule has 620 valence electrons. The second kappa shape index (κ2) is 33.8. The monoisotopic (exact) mass is 1640 g/mol. The van der Waals surface area contributed by atoms with E-state index in [0.717, 1.165) is 151 Å². The Morgan fingerprint density at radius 3 is 1.15 bits per heavy atom. The highest BCUT2D eigenvalue weighted by atomic mass is 35.5. The van der Waals surface area contributed by atoms with Crippen molar-refractivity contribution in [2.24, 2.45) is 0 Å². The largest absolute Gasteiger partial charge is 0.498 e. The van der Waals surface area contributed by atoms with Crippen LogP contribution < -0.4 is 36.5 Å². The van der Waals surface area contributed by atoms with Crippen LogP contribution in [0.5, 0.6) is 0 Å². The molecule has 0 atom stereocenters. The molecule has 116 heavy (non-hydrogen) atoms. The molecule has 0 radical (unpaired) electrons. The summed E-state index contributed by atoms with van der Waals surface area (Å²) in [4.78, 5) is 92.0. The van der Waals surface area contributed by atoms with Crippen molar-refractivity contribution in [3.63, 3.8) is 0 Å². The number of nitrogens with two attached hydrogens (primary N) is 2. The summed E-state index contributed by atoms with van der Waals surface area (Å²) in [7, 11) is -0.425. The molecular weight excluding hydrogens is 1530 g/mol. The molecular formula is C75H103BCl2N28O10. The molecule has 0 spiro atoms. The number of anilines is 6. The minimum Gasteiger partial charge on any atom is -0.399 e. The van der Waals surface area contributed by atoms with Crippen LogP contribution in [-0.4, -0.2) is 257 Å². The third-order valence-electron chi connectivity index (χ3n) is 21.0. The number of hydrogen-bond acceptors (Lipinski definition) is 34. The fraction of sp³-hybridized carbons (Fsp3) is 0.573. The van der Waals surface area contributed by atoms with E-state index in [0.29, 0.717) is 119 Å². The molecule has 0 amide bonds. The Labute approximate surface area is 682 Å². The predicted molar refractivity (Wildman–Crippen MR) is 439 cm³/mol. The van der Waals surface area contributed by atoms with E-state index in [2.05, 4.69) is 93.1 Å². The van der Waals surface area contributed by atoms with Crippen LogP contribution >= 0.6 is 23.2 Å². The van der Waals surface area contributed by atoms with Gasteiger partial charge in [0.05, 0.1) is 95.0 Å². The number of hydrogen-bond donors (Lipinski definition) is 4. The van der Waals surface area contributed by atoms with E-state index >= 15 is 0 Å². The standard InChI is InChI=1S/C19H23N7O2.C18H22N8O2.C14H18ClN5O2.C12H16ClN5O2.C10H16BN3O2.2CH4/c1-12-20-10-13(11-21-12)15-23-16(25-4-7-27-8-5-25)14-17(24-15)26-6-9-28-19(2,3)18(26)22-14;1-18(2)16-22-12-14(25-3-6-27-7-4-25)23-13(11-9-20-17(19)21-10-11)24-15(12)26(16)5-8-28-18;1-14(2)12-16-9-10(19-3-6-21-7-4-19)17-13(15)18-11(9)20(12)5-8-22-14;1-12(2,19)10-14-7-8(15-10)16-11(13)17-9(7)18-3-5-20-6-4-18;1-9(2)10(3,4)16-11(15-9)7-5-13-8(12)14-6-7;;/h10-11H,4-9H2,1-3H3;9-10H,3-8H2,1-2H3,(H2,19,20,21);3-8H2,1-2H3;19H,3-6H2,1-2H3,(H,14,15,16,17);5-6H,1-4H3,(H2,12,13,14);2*1H4. The highest BCUT2D eigenvalue weighted by Gasteiger charge is 2.52. The molecule has 0 saturated carbocycles. The summed E-state index contributed by atoms with van der Waals surface area (Å²) in [5, 5.41) is 10.4. The van der Waals surface area contributed by atoms with Crippen molar-refractivity contribution in [3.05, 3.63) is 76.9 Å². The van der Waals surface area contributed by atoms with Gasteiger partial charge in [0.15, 0.2) is 74.1 Å². The summed E-state index contributed by atoms with van der Waals surface area (Å²) >= 11 is 12.1. The van der Waals surface area contributed by atoms with Gasteiger partial charge in [0, 0.05) is 115 Å². The number of fused-ring (bicyclic) bond motifs is 10. The third kappa shape index (κ3) is 17.6. The summed E-state index contributed by atoms with van der Waals surface area (Å²) in [6.07, 6.45) is 10.1. The highest BCUT2D eigenvalue weighted by molar-refractivity contribution is 6.62. The topological polar surface area (TPSA) is 431 Å². The van der Waals surface area contributed by atoms with Crippen molar-refractivity contribution < 1.29 is 47.6 Å². The fourth-order valence-corrected chi connectivity index (χ4v) is 14.4. The Bertz CT molecular complexity index is 5090. The number of nitrogens with one attached hydrogen (secondary N) is 1. The lowest BCUT2D eigenvalue weighted by molar-refractivity contribution is -0.0532. The molecule has 0 aromatic carbocycles. The molecule has 0 unspecified atom stereocenters. The van der Waals surface area contributed by atoms with Gasteiger partial charge >= 0.3 is 7.12 Å². The van der Waals surface area contributed by atoms with Crippen molar-refractivity contribution >= 4 is 116 Å². The van der Waals surface area contributed by atoms with Gasteiger partial charge in [-0.15, -0.1) is 0 Å². The second-order valence-electron chi connectivity index (χ2n) is 31.3. The van der Waals surface area contributed by atoms with E-state index in [-0.39, 0.29) is 48.5 Å². The fourth-order valence-electron chi connectivity index (χ4n) is 14.1. The van der Waals surface area contributed by atoms with Gasteiger partial charge in [0.25, 0.3) is 0 Å². The third-order valence-corrected chi connectivity index (χ3v) is 21.3. The first-order valence-electron chi connectivity index (χ1n) is 38.1. The molecule has 5 fully saturated rings. The highest BCUT2D eigenvalue weighted by Crippen LogP contribution is 2.41. The van der Waals surface area contributed by atoms with Gasteiger partial charge in [-0.3, -0.25) is 0 Å². The first kappa shape index (κ1) is 84.4. The predicted octanol–water partition coefficient (Wildman–Crippen LogP) is 6.94. The Kier molecular flexibility index (Phi) is 24.6. The summed E-state index contributed by atoms with van der Waals surface area (Å²) in [6, 6.07) is 0. The first-order chi connectivity index (χ1) is 54.4. The summed E-state index contributed by atoms with van der Waals surface area (Å²) < 4.78 is 57.6. The average Bonchev–Trinajstić information content (AvgIpc) is 1.59. The van der Waals surface area contributed by atoms with Crippen molar-refractivity contribution in [3.8, 4) is 22.8 Å². The Balaban J connectivity index is 0.000000127. The quantitative estimate of drug-likeness (QED) is 0.0883. The average molecular weight is 1640 g/mol. The van der Waals surface area contributed by atoms with E-state index in [1.807, 2.05) is 76.2 Å². The van der Waals surface area contributed by atoms with Crippen LogP contribution in [-0.2, 0) is 84.5 Å². The molecule has 11 aromatic heterocycles.